The Hall–Kier alpha value is -0.570. The van der Waals surface area contributed by atoms with Crippen molar-refractivity contribution in [2.45, 2.75) is 64.3 Å². The summed E-state index contributed by atoms with van der Waals surface area (Å²) in [4.78, 5) is 13.9. The second-order valence-electron chi connectivity index (χ2n) is 5.98. The Labute approximate surface area is 111 Å². The van der Waals surface area contributed by atoms with E-state index in [1.807, 2.05) is 4.90 Å². The van der Waals surface area contributed by atoms with Crippen molar-refractivity contribution < 1.29 is 4.79 Å². The van der Waals surface area contributed by atoms with Crippen LogP contribution in [0.15, 0.2) is 0 Å². The molecule has 2 aliphatic rings. The normalized spacial score (nSPS) is 28.6. The van der Waals surface area contributed by atoms with Gasteiger partial charge in [-0.2, -0.15) is 0 Å². The Morgan fingerprint density at radius 2 is 1.83 bits per heavy atom. The average Bonchev–Trinajstić information content (AvgIpc) is 2.92. The van der Waals surface area contributed by atoms with Gasteiger partial charge in [0.15, 0.2) is 0 Å². The first-order valence-electron chi connectivity index (χ1n) is 7.80. The first-order valence-corrected chi connectivity index (χ1v) is 7.80. The summed E-state index contributed by atoms with van der Waals surface area (Å²) < 4.78 is 0. The van der Waals surface area contributed by atoms with E-state index in [1.165, 1.54) is 51.4 Å². The maximum absolute atomic E-state index is 11.9. The van der Waals surface area contributed by atoms with Crippen molar-refractivity contribution in [1.82, 2.24) is 10.2 Å². The molecule has 2 rings (SSSR count). The lowest BCUT2D eigenvalue weighted by molar-refractivity contribution is -0.129. The summed E-state index contributed by atoms with van der Waals surface area (Å²) in [7, 11) is 0. The molecular weight excluding hydrogens is 224 g/mol. The Bertz CT molecular complexity index is 253. The lowest BCUT2D eigenvalue weighted by Gasteiger charge is -2.29. The minimum Gasteiger partial charge on any atom is -0.342 e. The first kappa shape index (κ1) is 13.9. The molecule has 0 aromatic rings. The first-order chi connectivity index (χ1) is 8.79. The molecule has 1 saturated heterocycles. The smallest absolute Gasteiger partial charge is 0.236 e. The van der Waals surface area contributed by atoms with Crippen molar-refractivity contribution >= 4 is 5.91 Å². The topological polar surface area (TPSA) is 32.3 Å². The third kappa shape index (κ3) is 3.98. The maximum atomic E-state index is 11.9. The Balaban J connectivity index is 1.61. The number of hydrogen-bond acceptors (Lipinski definition) is 2. The van der Waals surface area contributed by atoms with Crippen LogP contribution in [0.1, 0.15) is 58.3 Å². The summed E-state index contributed by atoms with van der Waals surface area (Å²) in [6, 6.07) is 0.588. The number of amides is 1. The molecule has 2 fully saturated rings. The highest BCUT2D eigenvalue weighted by atomic mass is 16.2. The number of nitrogens with zero attached hydrogens (tertiary/aromatic N) is 1. The highest BCUT2D eigenvalue weighted by molar-refractivity contribution is 5.78. The molecule has 1 N–H and O–H groups in total. The fourth-order valence-electron chi connectivity index (χ4n) is 3.37. The largest absolute Gasteiger partial charge is 0.342 e. The van der Waals surface area contributed by atoms with Crippen LogP contribution < -0.4 is 5.32 Å². The van der Waals surface area contributed by atoms with Gasteiger partial charge < -0.3 is 10.2 Å². The van der Waals surface area contributed by atoms with Crippen LogP contribution in [0.4, 0.5) is 0 Å². The van der Waals surface area contributed by atoms with Crippen molar-refractivity contribution in [3.05, 3.63) is 0 Å². The number of likely N-dealkylation sites (tertiary alicyclic amines) is 1. The van der Waals surface area contributed by atoms with Crippen molar-refractivity contribution in [3.8, 4) is 0 Å². The summed E-state index contributed by atoms with van der Waals surface area (Å²) >= 11 is 0. The number of nitrogens with one attached hydrogen (secondary N) is 1. The SMILES string of the molecule is CCCC1CCC(NCC(=O)N2CCCC2)CC1. The molecule has 1 aliphatic carbocycles. The molecule has 0 radical (unpaired) electrons. The number of carbonyl (C=O) groups is 1. The van der Waals surface area contributed by atoms with Gasteiger partial charge in [0.05, 0.1) is 6.54 Å². The van der Waals surface area contributed by atoms with E-state index in [-0.39, 0.29) is 0 Å². The number of carbonyl (C=O) groups excluding carboxylic acids is 1. The molecule has 1 saturated carbocycles. The summed E-state index contributed by atoms with van der Waals surface area (Å²) in [5.41, 5.74) is 0. The van der Waals surface area contributed by atoms with E-state index >= 15 is 0 Å². The molecule has 0 aromatic heterocycles. The van der Waals surface area contributed by atoms with Crippen molar-refractivity contribution in [3.63, 3.8) is 0 Å². The number of hydrogen-bond donors (Lipinski definition) is 1. The van der Waals surface area contributed by atoms with E-state index < -0.39 is 0 Å². The second kappa shape index (κ2) is 7.13. The van der Waals surface area contributed by atoms with E-state index in [4.69, 9.17) is 0 Å². The van der Waals surface area contributed by atoms with E-state index in [0.29, 0.717) is 18.5 Å². The maximum Gasteiger partial charge on any atom is 0.236 e. The van der Waals surface area contributed by atoms with Crippen molar-refractivity contribution in [2.75, 3.05) is 19.6 Å². The van der Waals surface area contributed by atoms with Gasteiger partial charge >= 0.3 is 0 Å². The van der Waals surface area contributed by atoms with Gasteiger partial charge in [-0.15, -0.1) is 0 Å². The Morgan fingerprint density at radius 1 is 1.17 bits per heavy atom. The predicted octanol–water partition coefficient (Wildman–Crippen LogP) is 2.56. The van der Waals surface area contributed by atoms with Crippen LogP contribution in [0.2, 0.25) is 0 Å². The molecule has 0 aromatic carbocycles. The summed E-state index contributed by atoms with van der Waals surface area (Å²) in [6.07, 6.45) is 10.3. The van der Waals surface area contributed by atoms with Crippen LogP contribution in [-0.4, -0.2) is 36.5 Å². The monoisotopic (exact) mass is 252 g/mol. The minimum atomic E-state index is 0.309. The zero-order chi connectivity index (χ0) is 12.8. The van der Waals surface area contributed by atoms with Gasteiger partial charge in [0.2, 0.25) is 5.91 Å². The molecule has 0 bridgehead atoms. The predicted molar refractivity (Wildman–Crippen MR) is 74.5 cm³/mol. The molecule has 0 unspecified atom stereocenters. The van der Waals surface area contributed by atoms with Gasteiger partial charge in [0.1, 0.15) is 0 Å². The molecule has 1 aliphatic heterocycles. The minimum absolute atomic E-state index is 0.309. The summed E-state index contributed by atoms with van der Waals surface area (Å²) in [5.74, 6) is 1.26. The van der Waals surface area contributed by atoms with Crippen LogP contribution >= 0.6 is 0 Å². The van der Waals surface area contributed by atoms with Gasteiger partial charge in [-0.1, -0.05) is 19.8 Å². The van der Waals surface area contributed by atoms with Gasteiger partial charge in [-0.25, -0.2) is 0 Å². The molecule has 0 atom stereocenters. The lowest BCUT2D eigenvalue weighted by atomic mass is 9.83. The lowest BCUT2D eigenvalue weighted by Crippen LogP contribution is -2.41. The van der Waals surface area contributed by atoms with Gasteiger partial charge in [0, 0.05) is 19.1 Å². The average molecular weight is 252 g/mol. The van der Waals surface area contributed by atoms with Crippen molar-refractivity contribution in [2.24, 2.45) is 5.92 Å². The summed E-state index contributed by atoms with van der Waals surface area (Å²) in [5, 5.41) is 3.47. The molecule has 18 heavy (non-hydrogen) atoms. The molecule has 1 heterocycles. The molecule has 1 amide bonds. The zero-order valence-corrected chi connectivity index (χ0v) is 11.8. The van der Waals surface area contributed by atoms with Gasteiger partial charge in [-0.3, -0.25) is 4.79 Å². The van der Waals surface area contributed by atoms with E-state index in [2.05, 4.69) is 12.2 Å². The van der Waals surface area contributed by atoms with Crippen LogP contribution in [-0.2, 0) is 4.79 Å². The highest BCUT2D eigenvalue weighted by Crippen LogP contribution is 2.27. The Kier molecular flexibility index (Phi) is 5.48. The second-order valence-corrected chi connectivity index (χ2v) is 5.98. The third-order valence-corrected chi connectivity index (χ3v) is 4.54. The molecule has 3 nitrogen and oxygen atoms in total. The summed E-state index contributed by atoms with van der Waals surface area (Å²) in [6.45, 7) is 4.79. The van der Waals surface area contributed by atoms with E-state index in [1.54, 1.807) is 0 Å². The van der Waals surface area contributed by atoms with E-state index in [0.717, 1.165) is 19.0 Å². The highest BCUT2D eigenvalue weighted by Gasteiger charge is 2.22. The van der Waals surface area contributed by atoms with E-state index in [9.17, 15) is 4.79 Å². The van der Waals surface area contributed by atoms with Gasteiger partial charge in [0.25, 0.3) is 0 Å². The van der Waals surface area contributed by atoms with Crippen LogP contribution in [0.25, 0.3) is 0 Å². The number of rotatable bonds is 5. The van der Waals surface area contributed by atoms with Crippen LogP contribution in [0.3, 0.4) is 0 Å². The fourth-order valence-corrected chi connectivity index (χ4v) is 3.37. The fraction of sp³-hybridized carbons (Fsp3) is 0.933. The zero-order valence-electron chi connectivity index (χ0n) is 11.8. The third-order valence-electron chi connectivity index (χ3n) is 4.54. The van der Waals surface area contributed by atoms with Crippen LogP contribution in [0, 0.1) is 5.92 Å². The molecule has 104 valence electrons. The van der Waals surface area contributed by atoms with Crippen LogP contribution in [0.5, 0.6) is 0 Å². The molecule has 0 spiro atoms. The standard InChI is InChI=1S/C15H28N2O/c1-2-5-13-6-8-14(9-7-13)16-12-15(18)17-10-3-4-11-17/h13-14,16H,2-12H2,1H3. The molecule has 3 heteroatoms. The van der Waals surface area contributed by atoms with Crippen molar-refractivity contribution in [1.29, 1.82) is 0 Å². The Morgan fingerprint density at radius 3 is 2.44 bits per heavy atom. The molecular formula is C15H28N2O. The van der Waals surface area contributed by atoms with Gasteiger partial charge in [-0.05, 0) is 44.4 Å². The quantitative estimate of drug-likeness (QED) is 0.815.